The minimum absolute atomic E-state index is 0.0546. The maximum atomic E-state index is 13.2. The number of aromatic nitrogens is 2. The van der Waals surface area contributed by atoms with E-state index in [1.54, 1.807) is 7.05 Å². The van der Waals surface area contributed by atoms with Gasteiger partial charge in [0.25, 0.3) is 5.92 Å². The number of carbonyl (C=O) groups is 1. The third-order valence-corrected chi connectivity index (χ3v) is 4.76. The van der Waals surface area contributed by atoms with Crippen LogP contribution in [0.5, 0.6) is 0 Å². The molecule has 0 radical (unpaired) electrons. The van der Waals surface area contributed by atoms with Crippen molar-refractivity contribution in [2.75, 3.05) is 11.9 Å². The summed E-state index contributed by atoms with van der Waals surface area (Å²) >= 11 is 0. The number of aryl methyl sites for hydroxylation is 1. The van der Waals surface area contributed by atoms with Gasteiger partial charge in [-0.2, -0.15) is 5.10 Å². The van der Waals surface area contributed by atoms with E-state index in [-0.39, 0.29) is 37.7 Å². The summed E-state index contributed by atoms with van der Waals surface area (Å²) in [6.45, 7) is 3.40. The zero-order valence-corrected chi connectivity index (χ0v) is 14.3. The number of rotatable bonds is 5. The highest BCUT2D eigenvalue weighted by Gasteiger charge is 2.57. The number of anilines is 1. The topological polar surface area (TPSA) is 56.2 Å². The van der Waals surface area contributed by atoms with Gasteiger partial charge in [-0.15, -0.1) is 0 Å². The predicted octanol–water partition coefficient (Wildman–Crippen LogP) is 4.26. The number of nitrogens with one attached hydrogen (secondary N) is 1. The summed E-state index contributed by atoms with van der Waals surface area (Å²) < 4.78 is 58.3. The highest BCUT2D eigenvalue weighted by Crippen LogP contribution is 2.50. The van der Waals surface area contributed by atoms with E-state index < -0.39 is 23.9 Å². The minimum Gasteiger partial charge on any atom is -0.449 e. The number of nitrogens with zero attached hydrogens (tertiary/aromatic N) is 2. The minimum atomic E-state index is -2.75. The lowest BCUT2D eigenvalue weighted by Gasteiger charge is -2.34. The number of alkyl halides is 4. The van der Waals surface area contributed by atoms with E-state index in [2.05, 4.69) is 10.4 Å². The summed E-state index contributed by atoms with van der Waals surface area (Å²) in [5.41, 5.74) is 1.23. The van der Waals surface area contributed by atoms with Crippen molar-refractivity contribution in [2.45, 2.75) is 56.8 Å². The Bertz CT molecular complexity index is 679. The number of hydrogen-bond donors (Lipinski definition) is 1. The quantitative estimate of drug-likeness (QED) is 0.796. The van der Waals surface area contributed by atoms with E-state index in [1.165, 1.54) is 4.68 Å². The van der Waals surface area contributed by atoms with Crippen molar-refractivity contribution in [3.63, 3.8) is 0 Å². The van der Waals surface area contributed by atoms with Gasteiger partial charge in [-0.3, -0.25) is 10.00 Å². The molecule has 25 heavy (non-hydrogen) atoms. The monoisotopic (exact) mass is 363 g/mol. The molecular weight excluding hydrogens is 342 g/mol. The van der Waals surface area contributed by atoms with Crippen molar-refractivity contribution in [1.29, 1.82) is 0 Å². The van der Waals surface area contributed by atoms with Crippen LogP contribution in [0.1, 0.15) is 56.2 Å². The summed E-state index contributed by atoms with van der Waals surface area (Å²) in [4.78, 5) is 11.9. The first kappa shape index (κ1) is 18.0. The third kappa shape index (κ3) is 3.59. The van der Waals surface area contributed by atoms with Crippen molar-refractivity contribution >= 4 is 11.9 Å². The molecule has 9 heteroatoms. The summed E-state index contributed by atoms with van der Waals surface area (Å²) in [5, 5.41) is 6.82. The van der Waals surface area contributed by atoms with Gasteiger partial charge in [-0.1, -0.05) is 13.8 Å². The molecule has 140 valence electrons. The molecule has 0 spiro atoms. The molecule has 2 aliphatic carbocycles. The van der Waals surface area contributed by atoms with Gasteiger partial charge in [-0.05, 0) is 5.92 Å². The molecule has 1 amide bonds. The van der Waals surface area contributed by atoms with E-state index >= 15 is 0 Å². The van der Waals surface area contributed by atoms with Gasteiger partial charge < -0.3 is 4.74 Å². The van der Waals surface area contributed by atoms with Crippen molar-refractivity contribution in [3.8, 4) is 0 Å². The average molecular weight is 363 g/mol. The van der Waals surface area contributed by atoms with Crippen LogP contribution in [0, 0.1) is 5.92 Å². The first-order valence-corrected chi connectivity index (χ1v) is 8.26. The first-order chi connectivity index (χ1) is 11.5. The number of ether oxygens (including phenoxy) is 1. The van der Waals surface area contributed by atoms with E-state index in [4.69, 9.17) is 4.74 Å². The second-order valence-electron chi connectivity index (χ2n) is 7.27. The molecule has 1 aromatic rings. The third-order valence-electron chi connectivity index (χ3n) is 4.76. The average Bonchev–Trinajstić information content (AvgIpc) is 2.93. The lowest BCUT2D eigenvalue weighted by Crippen LogP contribution is -2.34. The maximum Gasteiger partial charge on any atom is 0.412 e. The van der Waals surface area contributed by atoms with Gasteiger partial charge in [0, 0.05) is 37.8 Å². The molecule has 0 saturated heterocycles. The van der Waals surface area contributed by atoms with E-state index in [1.807, 2.05) is 13.8 Å². The van der Waals surface area contributed by atoms with E-state index in [9.17, 15) is 22.4 Å². The van der Waals surface area contributed by atoms with Crippen molar-refractivity contribution in [1.82, 2.24) is 9.78 Å². The molecule has 2 aliphatic rings. The van der Waals surface area contributed by atoms with Gasteiger partial charge in [0.15, 0.2) is 0 Å². The SMILES string of the molecule is CC(C)c1c(C2CC(F)(F)C2)nn(C)c1NC(=O)OC[C@@H]1CC1(F)F. The summed E-state index contributed by atoms with van der Waals surface area (Å²) in [7, 11) is 1.59. The Morgan fingerprint density at radius 3 is 2.40 bits per heavy atom. The maximum absolute atomic E-state index is 13.2. The van der Waals surface area contributed by atoms with Crippen LogP contribution >= 0.6 is 0 Å². The van der Waals surface area contributed by atoms with Gasteiger partial charge in [0.1, 0.15) is 12.4 Å². The van der Waals surface area contributed by atoms with Gasteiger partial charge >= 0.3 is 6.09 Å². The van der Waals surface area contributed by atoms with Gasteiger partial charge in [0.05, 0.1) is 11.6 Å². The number of hydrogen-bond acceptors (Lipinski definition) is 3. The predicted molar refractivity (Wildman–Crippen MR) is 82.2 cm³/mol. The van der Waals surface area contributed by atoms with Crippen LogP contribution in [-0.4, -0.2) is 34.3 Å². The lowest BCUT2D eigenvalue weighted by atomic mass is 9.77. The highest BCUT2D eigenvalue weighted by atomic mass is 19.3. The molecule has 3 rings (SSSR count). The largest absolute Gasteiger partial charge is 0.449 e. The van der Waals surface area contributed by atoms with Gasteiger partial charge in [-0.25, -0.2) is 22.4 Å². The van der Waals surface area contributed by atoms with Crippen LogP contribution in [0.2, 0.25) is 0 Å². The van der Waals surface area contributed by atoms with Crippen LogP contribution in [0.4, 0.5) is 28.2 Å². The molecule has 1 atom stereocenters. The molecule has 1 N–H and O–H groups in total. The molecule has 0 bridgehead atoms. The van der Waals surface area contributed by atoms with Crippen molar-refractivity contribution < 1.29 is 27.1 Å². The van der Waals surface area contributed by atoms with Crippen LogP contribution < -0.4 is 5.32 Å². The molecule has 2 saturated carbocycles. The van der Waals surface area contributed by atoms with Crippen molar-refractivity contribution in [3.05, 3.63) is 11.3 Å². The normalized spacial score (nSPS) is 24.1. The second-order valence-corrected chi connectivity index (χ2v) is 7.27. The zero-order valence-electron chi connectivity index (χ0n) is 14.3. The fourth-order valence-corrected chi connectivity index (χ4v) is 3.19. The van der Waals surface area contributed by atoms with Crippen molar-refractivity contribution in [2.24, 2.45) is 13.0 Å². The Labute approximate surface area is 142 Å². The lowest BCUT2D eigenvalue weighted by molar-refractivity contribution is -0.0878. The molecular formula is C16H21F4N3O2. The number of amides is 1. The molecule has 0 unspecified atom stereocenters. The Balaban J connectivity index is 1.70. The molecule has 5 nitrogen and oxygen atoms in total. The van der Waals surface area contributed by atoms with E-state index in [0.717, 1.165) is 0 Å². The van der Waals surface area contributed by atoms with Crippen LogP contribution in [-0.2, 0) is 11.8 Å². The fraction of sp³-hybridized carbons (Fsp3) is 0.750. The molecule has 2 fully saturated rings. The second kappa shape index (κ2) is 5.88. The van der Waals surface area contributed by atoms with Crippen LogP contribution in [0.3, 0.4) is 0 Å². The molecule has 0 aromatic carbocycles. The zero-order chi connectivity index (χ0) is 18.6. The Hall–Kier alpha value is -1.80. The Morgan fingerprint density at radius 2 is 1.92 bits per heavy atom. The smallest absolute Gasteiger partial charge is 0.412 e. The van der Waals surface area contributed by atoms with Gasteiger partial charge in [0.2, 0.25) is 5.92 Å². The summed E-state index contributed by atoms with van der Waals surface area (Å²) in [5.74, 6) is -6.40. The highest BCUT2D eigenvalue weighted by molar-refractivity contribution is 5.85. The fourth-order valence-electron chi connectivity index (χ4n) is 3.19. The Kier molecular flexibility index (Phi) is 4.23. The summed E-state index contributed by atoms with van der Waals surface area (Å²) in [6.07, 6.45) is -1.64. The molecule has 1 heterocycles. The molecule has 1 aromatic heterocycles. The molecule has 0 aliphatic heterocycles. The van der Waals surface area contributed by atoms with Crippen LogP contribution in [0.25, 0.3) is 0 Å². The van der Waals surface area contributed by atoms with E-state index in [0.29, 0.717) is 17.1 Å². The number of halogens is 4. The Morgan fingerprint density at radius 1 is 1.32 bits per heavy atom. The first-order valence-electron chi connectivity index (χ1n) is 8.26. The van der Waals surface area contributed by atoms with Crippen LogP contribution in [0.15, 0.2) is 0 Å². The summed E-state index contributed by atoms with van der Waals surface area (Å²) in [6, 6.07) is 0. The number of carbonyl (C=O) groups excluding carboxylic acids is 1. The standard InChI is InChI=1S/C16H21F4N3O2/c1-8(2)11-12(9-4-15(17,18)5-9)22-23(3)13(11)21-14(24)25-7-10-6-16(10,19)20/h8-10H,4-7H2,1-3H3,(H,21,24)/t10-/m0/s1.